The van der Waals surface area contributed by atoms with Gasteiger partial charge in [-0.3, -0.25) is 0 Å². The van der Waals surface area contributed by atoms with Crippen molar-refractivity contribution in [3.8, 4) is 0 Å². The molecule has 0 amide bonds. The van der Waals surface area contributed by atoms with Crippen LogP contribution in [0.1, 0.15) is 23.9 Å². The number of fused-ring (bicyclic) bond motifs is 1. The average Bonchev–Trinajstić information content (AvgIpc) is 2.68. The van der Waals surface area contributed by atoms with Crippen molar-refractivity contribution >= 4 is 6.08 Å². The van der Waals surface area contributed by atoms with Crippen LogP contribution in [0.4, 0.5) is 0 Å². The second-order valence-electron chi connectivity index (χ2n) is 2.54. The average molecular weight is 263 g/mol. The van der Waals surface area contributed by atoms with Gasteiger partial charge in [-0.05, 0) is 0 Å². The number of hydrogen-bond acceptors (Lipinski definition) is 2. The van der Waals surface area contributed by atoms with Gasteiger partial charge in [0.15, 0.2) is 0 Å². The van der Waals surface area contributed by atoms with Gasteiger partial charge in [-0.25, -0.2) is 9.97 Å². The molecule has 0 bridgehead atoms. The molecule has 0 saturated heterocycles. The number of aromatic nitrogens is 2. The Labute approximate surface area is 111 Å². The smallest absolute Gasteiger partial charge is 0.115 e. The third-order valence-corrected chi connectivity index (χ3v) is 1.88. The van der Waals surface area contributed by atoms with Gasteiger partial charge in [0, 0.05) is 50.4 Å². The van der Waals surface area contributed by atoms with Crippen LogP contribution in [-0.2, 0) is 45.6 Å². The predicted octanol–water partition coefficient (Wildman–Crippen LogP) is 2.26. The van der Waals surface area contributed by atoms with Crippen LogP contribution in [0, 0.1) is 13.8 Å². The Bertz CT molecular complexity index is 308. The quantitative estimate of drug-likeness (QED) is 0.726. The fraction of sp³-hybridized carbons (Fsp3) is 0.273. The van der Waals surface area contributed by atoms with Crippen LogP contribution in [0.2, 0.25) is 0 Å². The summed E-state index contributed by atoms with van der Waals surface area (Å²) in [7, 11) is 0. The number of rotatable bonds is 1. The van der Waals surface area contributed by atoms with Crippen LogP contribution < -0.4 is 0 Å². The fourth-order valence-electron chi connectivity index (χ4n) is 1.32. The maximum Gasteiger partial charge on any atom is 0.115 e. The summed E-state index contributed by atoms with van der Waals surface area (Å²) < 4.78 is 0. The van der Waals surface area contributed by atoms with Gasteiger partial charge in [0.2, 0.25) is 0 Å². The molecule has 0 spiro atoms. The SMILES string of the molecule is [CH2-]C.[CH2-]Cc1ncnc2c1C=CC2.[Y]. The van der Waals surface area contributed by atoms with Crippen molar-refractivity contribution in [2.75, 3.05) is 0 Å². The topological polar surface area (TPSA) is 25.8 Å². The van der Waals surface area contributed by atoms with Crippen LogP contribution in [0.5, 0.6) is 0 Å². The first-order valence-corrected chi connectivity index (χ1v) is 4.41. The minimum Gasteiger partial charge on any atom is -0.346 e. The van der Waals surface area contributed by atoms with Crippen molar-refractivity contribution in [2.24, 2.45) is 0 Å². The van der Waals surface area contributed by atoms with Crippen LogP contribution in [0.3, 0.4) is 0 Å². The monoisotopic (exact) mass is 263 g/mol. The van der Waals surface area contributed by atoms with E-state index in [2.05, 4.69) is 36.0 Å². The van der Waals surface area contributed by atoms with Gasteiger partial charge in [-0.1, -0.05) is 12.2 Å². The van der Waals surface area contributed by atoms with Gasteiger partial charge in [0.05, 0.1) is 5.69 Å². The summed E-state index contributed by atoms with van der Waals surface area (Å²) in [6, 6.07) is 0. The predicted molar refractivity (Wildman–Crippen MR) is 54.9 cm³/mol. The molecule has 73 valence electrons. The normalized spacial score (nSPS) is 11.1. The van der Waals surface area contributed by atoms with Gasteiger partial charge in [0.1, 0.15) is 6.33 Å². The van der Waals surface area contributed by atoms with Gasteiger partial charge < -0.3 is 13.8 Å². The fourth-order valence-corrected chi connectivity index (χ4v) is 1.32. The third kappa shape index (κ3) is 2.96. The third-order valence-electron chi connectivity index (χ3n) is 1.88. The van der Waals surface area contributed by atoms with Crippen LogP contribution in [0.25, 0.3) is 6.08 Å². The first-order valence-electron chi connectivity index (χ1n) is 4.41. The molecule has 1 aromatic heterocycles. The molecule has 0 unspecified atom stereocenters. The summed E-state index contributed by atoms with van der Waals surface area (Å²) in [5.74, 6) is 0. The Balaban J connectivity index is 0.000000531. The van der Waals surface area contributed by atoms with Crippen LogP contribution >= 0.6 is 0 Å². The molecule has 0 atom stereocenters. The second kappa shape index (κ2) is 7.25. The molecule has 2 rings (SSSR count). The summed E-state index contributed by atoms with van der Waals surface area (Å²) >= 11 is 0. The molecule has 0 saturated carbocycles. The van der Waals surface area contributed by atoms with Crippen molar-refractivity contribution in [3.05, 3.63) is 43.2 Å². The Kier molecular flexibility index (Phi) is 7.21. The minimum absolute atomic E-state index is 0. The summed E-state index contributed by atoms with van der Waals surface area (Å²) in [5, 5.41) is 0. The summed E-state index contributed by atoms with van der Waals surface area (Å²) in [5.41, 5.74) is 3.38. The Morgan fingerprint density at radius 1 is 1.36 bits per heavy atom. The van der Waals surface area contributed by atoms with Crippen molar-refractivity contribution < 1.29 is 32.7 Å². The molecular formula is C11H14N2Y-2. The zero-order valence-corrected chi connectivity index (χ0v) is 11.4. The minimum atomic E-state index is 0. The van der Waals surface area contributed by atoms with E-state index in [1.165, 1.54) is 5.56 Å². The molecule has 1 aliphatic rings. The van der Waals surface area contributed by atoms with E-state index in [-0.39, 0.29) is 32.7 Å². The molecular weight excluding hydrogens is 249 g/mol. The molecule has 2 nitrogen and oxygen atoms in total. The summed E-state index contributed by atoms with van der Waals surface area (Å²) in [6.07, 6.45) is 7.50. The number of allylic oxidation sites excluding steroid dienone is 1. The van der Waals surface area contributed by atoms with Crippen molar-refractivity contribution in [1.82, 2.24) is 9.97 Å². The van der Waals surface area contributed by atoms with Crippen LogP contribution in [-0.4, -0.2) is 9.97 Å². The van der Waals surface area contributed by atoms with E-state index in [1.54, 1.807) is 13.3 Å². The van der Waals surface area contributed by atoms with Gasteiger partial charge >= 0.3 is 0 Å². The van der Waals surface area contributed by atoms with E-state index in [0.717, 1.165) is 24.2 Å². The van der Waals surface area contributed by atoms with E-state index >= 15 is 0 Å². The van der Waals surface area contributed by atoms with Crippen molar-refractivity contribution in [2.45, 2.75) is 19.8 Å². The molecule has 1 heterocycles. The van der Waals surface area contributed by atoms with Crippen LogP contribution in [0.15, 0.2) is 12.4 Å². The second-order valence-corrected chi connectivity index (χ2v) is 2.54. The largest absolute Gasteiger partial charge is 0.346 e. The number of nitrogens with zero attached hydrogens (tertiary/aromatic N) is 2. The van der Waals surface area contributed by atoms with Crippen molar-refractivity contribution in [1.29, 1.82) is 0 Å². The van der Waals surface area contributed by atoms with Gasteiger partial charge in [0.25, 0.3) is 0 Å². The molecule has 0 N–H and O–H groups in total. The molecule has 1 aliphatic carbocycles. The van der Waals surface area contributed by atoms with E-state index in [9.17, 15) is 0 Å². The first-order chi connectivity index (χ1) is 6.42. The molecule has 1 aromatic rings. The molecule has 14 heavy (non-hydrogen) atoms. The zero-order chi connectivity index (χ0) is 9.68. The van der Waals surface area contributed by atoms with E-state index < -0.39 is 0 Å². The van der Waals surface area contributed by atoms with E-state index in [1.807, 2.05) is 0 Å². The number of hydrogen-bond donors (Lipinski definition) is 0. The van der Waals surface area contributed by atoms with Crippen molar-refractivity contribution in [3.63, 3.8) is 0 Å². The molecule has 1 radical (unpaired) electrons. The Morgan fingerprint density at radius 2 is 2.07 bits per heavy atom. The maximum absolute atomic E-state index is 4.17. The molecule has 3 heteroatoms. The van der Waals surface area contributed by atoms with Gasteiger partial charge in [-0.15, -0.1) is 6.42 Å². The molecule has 0 aliphatic heterocycles. The Morgan fingerprint density at radius 3 is 2.71 bits per heavy atom. The molecule has 0 fully saturated rings. The Hall–Kier alpha value is -0.0761. The molecule has 0 aromatic carbocycles. The summed E-state index contributed by atoms with van der Waals surface area (Å²) in [4.78, 5) is 8.31. The van der Waals surface area contributed by atoms with Gasteiger partial charge in [-0.2, -0.15) is 6.92 Å². The van der Waals surface area contributed by atoms with E-state index in [0.29, 0.717) is 0 Å². The maximum atomic E-state index is 4.17. The summed E-state index contributed by atoms with van der Waals surface area (Å²) in [6.45, 7) is 8.81. The first kappa shape index (κ1) is 13.9. The van der Waals surface area contributed by atoms with E-state index in [4.69, 9.17) is 0 Å². The zero-order valence-electron chi connectivity index (χ0n) is 8.53. The standard InChI is InChI=1S/C9H9N2.C2H5.Y/c1-2-8-7-4-3-5-9(7)11-6-10-8;1-2;/h3-4,6H,1-2,5H2;1H2,2H3;/q2*-1;.